The molecule has 0 aliphatic carbocycles. The molecule has 35 heavy (non-hydrogen) atoms. The van der Waals surface area contributed by atoms with Crippen molar-refractivity contribution in [1.82, 2.24) is 14.8 Å². The van der Waals surface area contributed by atoms with Crippen LogP contribution < -0.4 is 4.74 Å². The van der Waals surface area contributed by atoms with E-state index >= 15 is 0 Å². The number of carbonyl (C=O) groups is 1. The van der Waals surface area contributed by atoms with Crippen LogP contribution in [0.5, 0.6) is 5.75 Å². The number of pyridine rings is 1. The maximum Gasteiger partial charge on any atom is 0.223 e. The lowest BCUT2D eigenvalue weighted by Gasteiger charge is -2.36. The molecule has 0 bridgehead atoms. The Bertz CT molecular complexity index is 1120. The van der Waals surface area contributed by atoms with E-state index in [1.807, 2.05) is 24.4 Å². The number of ether oxygens (including phenoxy) is 1. The van der Waals surface area contributed by atoms with E-state index in [9.17, 15) is 4.79 Å². The second-order valence-corrected chi connectivity index (χ2v) is 9.51. The van der Waals surface area contributed by atoms with Gasteiger partial charge in [0.1, 0.15) is 5.75 Å². The first-order chi connectivity index (χ1) is 17.1. The molecule has 1 atom stereocenters. The van der Waals surface area contributed by atoms with Gasteiger partial charge < -0.3 is 9.64 Å². The molecule has 3 aromatic rings. The van der Waals surface area contributed by atoms with Crippen LogP contribution in [-0.4, -0.2) is 46.9 Å². The number of rotatable bonds is 11. The molecular formula is C30H37N3O2. The van der Waals surface area contributed by atoms with Gasteiger partial charge in [0.25, 0.3) is 0 Å². The molecule has 5 heteroatoms. The van der Waals surface area contributed by atoms with Crippen LogP contribution in [0.4, 0.5) is 0 Å². The smallest absolute Gasteiger partial charge is 0.223 e. The number of para-hydroxylation sites is 1. The van der Waals surface area contributed by atoms with Crippen LogP contribution in [0.25, 0.3) is 10.9 Å². The summed E-state index contributed by atoms with van der Waals surface area (Å²) in [5.74, 6) is 1.14. The summed E-state index contributed by atoms with van der Waals surface area (Å²) < 4.78 is 6.13. The number of piperidine rings is 1. The highest BCUT2D eigenvalue weighted by atomic mass is 16.5. The summed E-state index contributed by atoms with van der Waals surface area (Å²) in [7, 11) is 2.14. The molecule has 1 aliphatic rings. The number of hydrogen-bond donors (Lipinski definition) is 0. The maximum atomic E-state index is 12.6. The zero-order valence-electron chi connectivity index (χ0n) is 20.9. The van der Waals surface area contributed by atoms with Gasteiger partial charge in [-0.2, -0.15) is 0 Å². The van der Waals surface area contributed by atoms with E-state index in [0.29, 0.717) is 13.0 Å². The maximum absolute atomic E-state index is 12.6. The van der Waals surface area contributed by atoms with E-state index in [0.717, 1.165) is 56.6 Å². The van der Waals surface area contributed by atoms with Crippen LogP contribution >= 0.6 is 0 Å². The summed E-state index contributed by atoms with van der Waals surface area (Å²) in [5.41, 5.74) is 3.52. The summed E-state index contributed by atoms with van der Waals surface area (Å²) in [5, 5.41) is 1.17. The lowest BCUT2D eigenvalue weighted by atomic mass is 9.99. The Kier molecular flexibility index (Phi) is 8.90. The van der Waals surface area contributed by atoms with Crippen molar-refractivity contribution in [3.63, 3.8) is 0 Å². The quantitative estimate of drug-likeness (QED) is 0.323. The second-order valence-electron chi connectivity index (χ2n) is 9.51. The normalized spacial score (nSPS) is 15.9. The molecular weight excluding hydrogens is 434 g/mol. The van der Waals surface area contributed by atoms with E-state index in [-0.39, 0.29) is 11.9 Å². The fourth-order valence-electron chi connectivity index (χ4n) is 5.00. The third kappa shape index (κ3) is 6.92. The van der Waals surface area contributed by atoms with Crippen LogP contribution in [0, 0.1) is 0 Å². The molecule has 5 nitrogen and oxygen atoms in total. The zero-order valence-corrected chi connectivity index (χ0v) is 20.9. The van der Waals surface area contributed by atoms with Crippen molar-refractivity contribution < 1.29 is 9.53 Å². The lowest BCUT2D eigenvalue weighted by molar-refractivity contribution is -0.135. The highest BCUT2D eigenvalue weighted by Crippen LogP contribution is 2.23. The second kappa shape index (κ2) is 12.5. The fraction of sp³-hybridized carbons (Fsp3) is 0.400. The van der Waals surface area contributed by atoms with Gasteiger partial charge in [-0.3, -0.25) is 14.7 Å². The number of aromatic nitrogens is 1. The third-order valence-electron chi connectivity index (χ3n) is 6.74. The van der Waals surface area contributed by atoms with Gasteiger partial charge in [-0.1, -0.05) is 42.5 Å². The van der Waals surface area contributed by atoms with Gasteiger partial charge in [0, 0.05) is 50.1 Å². The molecule has 0 N–H and O–H groups in total. The van der Waals surface area contributed by atoms with Crippen LogP contribution in [0.15, 0.2) is 73.4 Å². The Morgan fingerprint density at radius 1 is 1.17 bits per heavy atom. The van der Waals surface area contributed by atoms with E-state index in [1.54, 1.807) is 0 Å². The number of allylic oxidation sites excluding steroid dienone is 1. The number of hydrogen-bond acceptors (Lipinski definition) is 4. The predicted octanol–water partition coefficient (Wildman–Crippen LogP) is 5.98. The number of likely N-dealkylation sites (tertiary alicyclic amines) is 1. The standard InChI is InChI=1S/C30H37N3O2/c1-3-4-16-29(34)33-19-6-5-14-27(33)17-20-35-28-15-7-10-24(21-28)22-32(2)23-26-12-8-11-25-13-9-18-31-30(25)26/h3,7-13,15,18,21,27H,1,4-6,14,16-17,19-20,22-23H2,2H3/t27-/m1/s1. The first kappa shape index (κ1) is 24.9. The van der Waals surface area contributed by atoms with Gasteiger partial charge >= 0.3 is 0 Å². The van der Waals surface area contributed by atoms with Gasteiger partial charge in [-0.25, -0.2) is 0 Å². The average Bonchev–Trinajstić information content (AvgIpc) is 2.88. The molecule has 184 valence electrons. The Balaban J connectivity index is 1.30. The fourth-order valence-corrected chi connectivity index (χ4v) is 5.00. The average molecular weight is 472 g/mol. The highest BCUT2D eigenvalue weighted by molar-refractivity contribution is 5.81. The van der Waals surface area contributed by atoms with Crippen molar-refractivity contribution in [2.45, 2.75) is 57.7 Å². The van der Waals surface area contributed by atoms with Crippen LogP contribution in [-0.2, 0) is 17.9 Å². The van der Waals surface area contributed by atoms with Gasteiger partial charge in [0.15, 0.2) is 0 Å². The number of benzene rings is 2. The summed E-state index contributed by atoms with van der Waals surface area (Å²) in [6.45, 7) is 6.89. The molecule has 1 amide bonds. The number of amides is 1. The Labute approximate surface area is 209 Å². The molecule has 2 aromatic carbocycles. The van der Waals surface area contributed by atoms with Crippen molar-refractivity contribution in [3.8, 4) is 5.75 Å². The van der Waals surface area contributed by atoms with Crippen LogP contribution in [0.2, 0.25) is 0 Å². The van der Waals surface area contributed by atoms with Crippen molar-refractivity contribution in [1.29, 1.82) is 0 Å². The Morgan fingerprint density at radius 3 is 2.91 bits per heavy atom. The first-order valence-corrected chi connectivity index (χ1v) is 12.8. The van der Waals surface area contributed by atoms with Crippen molar-refractivity contribution in [3.05, 3.63) is 84.6 Å². The van der Waals surface area contributed by atoms with Gasteiger partial charge in [-0.15, -0.1) is 6.58 Å². The van der Waals surface area contributed by atoms with Crippen LogP contribution in [0.1, 0.15) is 49.7 Å². The third-order valence-corrected chi connectivity index (χ3v) is 6.74. The number of fused-ring (bicyclic) bond motifs is 1. The topological polar surface area (TPSA) is 45.7 Å². The molecule has 0 spiro atoms. The molecule has 1 saturated heterocycles. The van der Waals surface area contributed by atoms with Crippen molar-refractivity contribution in [2.24, 2.45) is 0 Å². The molecule has 2 heterocycles. The van der Waals surface area contributed by atoms with Crippen molar-refractivity contribution in [2.75, 3.05) is 20.2 Å². The monoisotopic (exact) mass is 471 g/mol. The molecule has 1 aromatic heterocycles. The van der Waals surface area contributed by atoms with Gasteiger partial charge in [0.05, 0.1) is 12.1 Å². The van der Waals surface area contributed by atoms with E-state index < -0.39 is 0 Å². The number of carbonyl (C=O) groups excluding carboxylic acids is 1. The predicted molar refractivity (Wildman–Crippen MR) is 142 cm³/mol. The summed E-state index contributed by atoms with van der Waals surface area (Å²) in [4.78, 5) is 21.5. The van der Waals surface area contributed by atoms with E-state index in [2.05, 4.69) is 70.9 Å². The molecule has 0 radical (unpaired) electrons. The molecule has 1 fully saturated rings. The van der Waals surface area contributed by atoms with E-state index in [1.165, 1.54) is 22.9 Å². The zero-order chi connectivity index (χ0) is 24.5. The molecule has 4 rings (SSSR count). The largest absolute Gasteiger partial charge is 0.494 e. The first-order valence-electron chi connectivity index (χ1n) is 12.8. The molecule has 0 unspecified atom stereocenters. The highest BCUT2D eigenvalue weighted by Gasteiger charge is 2.25. The SMILES string of the molecule is C=CCCC(=O)N1CCCC[C@@H]1CCOc1cccc(CN(C)Cc2cccc3cccnc23)c1. The summed E-state index contributed by atoms with van der Waals surface area (Å²) in [6.07, 6.45) is 9.21. The summed E-state index contributed by atoms with van der Waals surface area (Å²) in [6, 6.07) is 19.1. The summed E-state index contributed by atoms with van der Waals surface area (Å²) >= 11 is 0. The molecule has 0 saturated carbocycles. The Morgan fingerprint density at radius 2 is 2.03 bits per heavy atom. The van der Waals surface area contributed by atoms with Gasteiger partial charge in [0.2, 0.25) is 5.91 Å². The minimum Gasteiger partial charge on any atom is -0.494 e. The lowest BCUT2D eigenvalue weighted by Crippen LogP contribution is -2.44. The van der Waals surface area contributed by atoms with Crippen LogP contribution in [0.3, 0.4) is 0 Å². The number of nitrogens with zero attached hydrogens (tertiary/aromatic N) is 3. The van der Waals surface area contributed by atoms with Gasteiger partial charge in [-0.05, 0) is 62.1 Å². The minimum atomic E-state index is 0.251. The minimum absolute atomic E-state index is 0.251. The van der Waals surface area contributed by atoms with E-state index in [4.69, 9.17) is 4.74 Å². The van der Waals surface area contributed by atoms with Crippen molar-refractivity contribution >= 4 is 16.8 Å². The Hall–Kier alpha value is -3.18. The molecule has 1 aliphatic heterocycles.